The van der Waals surface area contributed by atoms with Gasteiger partial charge in [0.25, 0.3) is 0 Å². The molecule has 1 saturated heterocycles. The first kappa shape index (κ1) is 17.3. The van der Waals surface area contributed by atoms with Crippen LogP contribution in [0.1, 0.15) is 40.0 Å². The number of rotatable bonds is 5. The van der Waals surface area contributed by atoms with E-state index in [9.17, 15) is 14.4 Å². The number of carbonyl (C=O) groups is 3. The number of likely N-dealkylation sites (tertiary alicyclic amines) is 1. The van der Waals surface area contributed by atoms with Crippen molar-refractivity contribution in [1.82, 2.24) is 15.5 Å². The quantitative estimate of drug-likeness (QED) is 0.699. The maximum atomic E-state index is 12.2. The summed E-state index contributed by atoms with van der Waals surface area (Å²) in [7, 11) is 0. The van der Waals surface area contributed by atoms with Crippen molar-refractivity contribution in [2.45, 2.75) is 52.1 Å². The monoisotopic (exact) mass is 299 g/mol. The number of piperidine rings is 1. The number of aliphatic carboxylic acids is 1. The van der Waals surface area contributed by atoms with Crippen LogP contribution in [0, 0.1) is 5.92 Å². The fourth-order valence-electron chi connectivity index (χ4n) is 2.34. The van der Waals surface area contributed by atoms with Gasteiger partial charge in [0.15, 0.2) is 0 Å². The first-order valence-corrected chi connectivity index (χ1v) is 7.41. The second-order valence-corrected chi connectivity index (χ2v) is 5.79. The van der Waals surface area contributed by atoms with Crippen LogP contribution in [0.2, 0.25) is 0 Å². The zero-order valence-corrected chi connectivity index (χ0v) is 12.9. The lowest BCUT2D eigenvalue weighted by molar-refractivity contribution is -0.140. The Morgan fingerprint density at radius 1 is 1.00 bits per heavy atom. The largest absolute Gasteiger partial charge is 0.480 e. The second-order valence-electron chi connectivity index (χ2n) is 5.79. The minimum Gasteiger partial charge on any atom is -0.480 e. The summed E-state index contributed by atoms with van der Waals surface area (Å²) in [6, 6.07) is -2.26. The average Bonchev–Trinajstić information content (AvgIpc) is 2.44. The molecule has 7 heteroatoms. The van der Waals surface area contributed by atoms with E-state index in [0.29, 0.717) is 0 Å². The van der Waals surface area contributed by atoms with Crippen LogP contribution in [-0.4, -0.2) is 53.1 Å². The van der Waals surface area contributed by atoms with Gasteiger partial charge in [-0.15, -0.1) is 0 Å². The third-order valence-corrected chi connectivity index (χ3v) is 3.61. The van der Waals surface area contributed by atoms with Gasteiger partial charge in [-0.2, -0.15) is 0 Å². The van der Waals surface area contributed by atoms with Gasteiger partial charge >= 0.3 is 12.0 Å². The van der Waals surface area contributed by atoms with Gasteiger partial charge in [-0.1, -0.05) is 13.8 Å². The standard InChI is InChI=1S/C14H25N3O4/c1-9(2)11(13(19)20)16-14(21)15-10(3)12(18)17-7-5-4-6-8-17/h9-11H,4-8H2,1-3H3,(H,19,20)(H2,15,16,21)/t10?,11-/m0/s1. The summed E-state index contributed by atoms with van der Waals surface area (Å²) < 4.78 is 0. The molecule has 3 amide bonds. The lowest BCUT2D eigenvalue weighted by Gasteiger charge is -2.29. The van der Waals surface area contributed by atoms with Crippen LogP contribution in [0.3, 0.4) is 0 Å². The summed E-state index contributed by atoms with van der Waals surface area (Å²) in [5.41, 5.74) is 0. The van der Waals surface area contributed by atoms with Crippen molar-refractivity contribution in [3.8, 4) is 0 Å². The molecule has 3 N–H and O–H groups in total. The van der Waals surface area contributed by atoms with Gasteiger partial charge in [0.2, 0.25) is 5.91 Å². The molecule has 2 atom stereocenters. The topological polar surface area (TPSA) is 98.7 Å². The molecular weight excluding hydrogens is 274 g/mol. The van der Waals surface area contributed by atoms with E-state index in [1.807, 2.05) is 0 Å². The summed E-state index contributed by atoms with van der Waals surface area (Å²) in [6.07, 6.45) is 3.10. The van der Waals surface area contributed by atoms with Crippen LogP contribution in [0.4, 0.5) is 4.79 Å². The molecule has 7 nitrogen and oxygen atoms in total. The zero-order valence-electron chi connectivity index (χ0n) is 12.9. The molecule has 1 unspecified atom stereocenters. The molecule has 0 radical (unpaired) electrons. The molecule has 21 heavy (non-hydrogen) atoms. The Balaban J connectivity index is 2.49. The van der Waals surface area contributed by atoms with Crippen molar-refractivity contribution in [2.24, 2.45) is 5.92 Å². The number of carbonyl (C=O) groups excluding carboxylic acids is 2. The highest BCUT2D eigenvalue weighted by atomic mass is 16.4. The van der Waals surface area contributed by atoms with E-state index >= 15 is 0 Å². The molecule has 1 aliphatic rings. The zero-order chi connectivity index (χ0) is 16.0. The highest BCUT2D eigenvalue weighted by Gasteiger charge is 2.27. The maximum Gasteiger partial charge on any atom is 0.326 e. The van der Waals surface area contributed by atoms with E-state index in [4.69, 9.17) is 5.11 Å². The fraction of sp³-hybridized carbons (Fsp3) is 0.786. The van der Waals surface area contributed by atoms with Crippen LogP contribution < -0.4 is 10.6 Å². The molecule has 0 aliphatic carbocycles. The van der Waals surface area contributed by atoms with Gasteiger partial charge in [-0.3, -0.25) is 4.79 Å². The van der Waals surface area contributed by atoms with Crippen molar-refractivity contribution in [3.63, 3.8) is 0 Å². The number of carboxylic acids is 1. The van der Waals surface area contributed by atoms with Crippen LogP contribution in [0.25, 0.3) is 0 Å². The smallest absolute Gasteiger partial charge is 0.326 e. The van der Waals surface area contributed by atoms with Gasteiger partial charge in [0.1, 0.15) is 12.1 Å². The molecule has 1 heterocycles. The lowest BCUT2D eigenvalue weighted by Crippen LogP contribution is -2.54. The number of carboxylic acid groups (broad SMARTS) is 1. The maximum absolute atomic E-state index is 12.2. The number of nitrogens with zero attached hydrogens (tertiary/aromatic N) is 1. The van der Waals surface area contributed by atoms with Crippen LogP contribution in [0.5, 0.6) is 0 Å². The Bertz CT molecular complexity index is 392. The van der Waals surface area contributed by atoms with E-state index in [0.717, 1.165) is 32.4 Å². The van der Waals surface area contributed by atoms with Gasteiger partial charge in [0, 0.05) is 13.1 Å². The Morgan fingerprint density at radius 3 is 2.05 bits per heavy atom. The van der Waals surface area contributed by atoms with E-state index in [1.165, 1.54) is 0 Å². The normalized spacial score (nSPS) is 18.0. The average molecular weight is 299 g/mol. The fourth-order valence-corrected chi connectivity index (χ4v) is 2.34. The minimum absolute atomic E-state index is 0.124. The predicted molar refractivity (Wildman–Crippen MR) is 77.8 cm³/mol. The first-order chi connectivity index (χ1) is 9.82. The molecule has 0 aromatic carbocycles. The number of nitrogens with one attached hydrogen (secondary N) is 2. The Labute approximate surface area is 125 Å². The Hall–Kier alpha value is -1.79. The Kier molecular flexibility index (Phi) is 6.45. The molecule has 0 saturated carbocycles. The van der Waals surface area contributed by atoms with Crippen molar-refractivity contribution in [3.05, 3.63) is 0 Å². The minimum atomic E-state index is -1.09. The van der Waals surface area contributed by atoms with Gasteiger partial charge in [-0.25, -0.2) is 9.59 Å². The van der Waals surface area contributed by atoms with Crippen molar-refractivity contribution in [1.29, 1.82) is 0 Å². The SMILES string of the molecule is CC(NC(=O)N[C@H](C(=O)O)C(C)C)C(=O)N1CCCCC1. The summed E-state index contributed by atoms with van der Waals surface area (Å²) in [6.45, 7) is 6.47. The highest BCUT2D eigenvalue weighted by molar-refractivity contribution is 5.88. The molecule has 1 rings (SSSR count). The molecule has 0 aromatic heterocycles. The lowest BCUT2D eigenvalue weighted by atomic mass is 10.1. The predicted octanol–water partition coefficient (Wildman–Crippen LogP) is 0.796. The molecular formula is C14H25N3O4. The highest BCUT2D eigenvalue weighted by Crippen LogP contribution is 2.10. The van der Waals surface area contributed by atoms with E-state index in [2.05, 4.69) is 10.6 Å². The van der Waals surface area contributed by atoms with Gasteiger partial charge in [-0.05, 0) is 32.1 Å². The van der Waals surface area contributed by atoms with Crippen molar-refractivity contribution < 1.29 is 19.5 Å². The molecule has 0 bridgehead atoms. The number of hydrogen-bond acceptors (Lipinski definition) is 3. The Morgan fingerprint density at radius 2 is 1.57 bits per heavy atom. The molecule has 0 aromatic rings. The van der Waals surface area contributed by atoms with Crippen LogP contribution in [0.15, 0.2) is 0 Å². The summed E-state index contributed by atoms with van der Waals surface area (Å²) in [4.78, 5) is 36.7. The molecule has 120 valence electrons. The van der Waals surface area contributed by atoms with Crippen molar-refractivity contribution in [2.75, 3.05) is 13.1 Å². The van der Waals surface area contributed by atoms with Crippen LogP contribution >= 0.6 is 0 Å². The van der Waals surface area contributed by atoms with Crippen molar-refractivity contribution >= 4 is 17.9 Å². The van der Waals surface area contributed by atoms with E-state index in [-0.39, 0.29) is 11.8 Å². The van der Waals surface area contributed by atoms with Gasteiger partial charge in [0.05, 0.1) is 0 Å². The number of amides is 3. The molecule has 0 spiro atoms. The molecule has 1 fully saturated rings. The third kappa shape index (κ3) is 5.24. The number of hydrogen-bond donors (Lipinski definition) is 3. The van der Waals surface area contributed by atoms with Gasteiger partial charge < -0.3 is 20.6 Å². The summed E-state index contributed by atoms with van der Waals surface area (Å²) in [5, 5.41) is 13.9. The number of urea groups is 1. The van der Waals surface area contributed by atoms with E-state index in [1.54, 1.807) is 25.7 Å². The summed E-state index contributed by atoms with van der Waals surface area (Å²) in [5.74, 6) is -1.45. The third-order valence-electron chi connectivity index (χ3n) is 3.61. The second kappa shape index (κ2) is 7.85. The van der Waals surface area contributed by atoms with E-state index < -0.39 is 24.1 Å². The molecule has 1 aliphatic heterocycles. The summed E-state index contributed by atoms with van der Waals surface area (Å²) >= 11 is 0. The van der Waals surface area contributed by atoms with Crippen LogP contribution in [-0.2, 0) is 9.59 Å². The first-order valence-electron chi connectivity index (χ1n) is 7.41.